The van der Waals surface area contributed by atoms with Gasteiger partial charge in [0.25, 0.3) is 6.47 Å². The van der Waals surface area contributed by atoms with Gasteiger partial charge in [0.05, 0.1) is 0 Å². The van der Waals surface area contributed by atoms with Crippen LogP contribution >= 0.6 is 0 Å². The Hall–Kier alpha value is -1.42. The molecular formula is C11H16FNO2. The SMILES string of the molecule is CCC(NC)c1ccc(F)cc1.O=CO. The van der Waals surface area contributed by atoms with Crippen LogP contribution in [0.1, 0.15) is 24.9 Å². The van der Waals surface area contributed by atoms with Crippen LogP contribution in [0.5, 0.6) is 0 Å². The van der Waals surface area contributed by atoms with E-state index in [9.17, 15) is 4.39 Å². The average Bonchev–Trinajstić information content (AvgIpc) is 2.24. The first-order valence-electron chi connectivity index (χ1n) is 4.70. The van der Waals surface area contributed by atoms with E-state index in [-0.39, 0.29) is 12.3 Å². The Balaban J connectivity index is 0.000000583. The van der Waals surface area contributed by atoms with Gasteiger partial charge in [-0.05, 0) is 31.2 Å². The molecule has 2 N–H and O–H groups in total. The second-order valence-corrected chi connectivity index (χ2v) is 2.91. The van der Waals surface area contributed by atoms with Crippen molar-refractivity contribution < 1.29 is 14.3 Å². The van der Waals surface area contributed by atoms with E-state index >= 15 is 0 Å². The summed E-state index contributed by atoms with van der Waals surface area (Å²) in [6.45, 7) is 1.85. The maximum atomic E-state index is 12.5. The molecule has 0 saturated heterocycles. The summed E-state index contributed by atoms with van der Waals surface area (Å²) in [5.74, 6) is -0.176. The number of carbonyl (C=O) groups is 1. The summed E-state index contributed by atoms with van der Waals surface area (Å²) in [7, 11) is 1.91. The third kappa shape index (κ3) is 5.12. The fourth-order valence-corrected chi connectivity index (χ4v) is 1.30. The Kier molecular flexibility index (Phi) is 7.18. The number of benzene rings is 1. The second-order valence-electron chi connectivity index (χ2n) is 2.91. The normalized spacial score (nSPS) is 11.1. The van der Waals surface area contributed by atoms with Crippen molar-refractivity contribution in [2.24, 2.45) is 0 Å². The summed E-state index contributed by atoms with van der Waals surface area (Å²) in [5.41, 5.74) is 1.14. The van der Waals surface area contributed by atoms with Crippen LogP contribution in [-0.4, -0.2) is 18.6 Å². The largest absolute Gasteiger partial charge is 0.483 e. The minimum absolute atomic E-state index is 0.176. The predicted octanol–water partition coefficient (Wildman–Crippen LogP) is 2.20. The molecule has 84 valence electrons. The zero-order valence-corrected chi connectivity index (χ0v) is 8.90. The predicted molar refractivity (Wildman–Crippen MR) is 57.2 cm³/mol. The van der Waals surface area contributed by atoms with Gasteiger partial charge in [-0.3, -0.25) is 4.79 Å². The van der Waals surface area contributed by atoms with E-state index in [1.807, 2.05) is 19.2 Å². The van der Waals surface area contributed by atoms with Gasteiger partial charge in [-0.25, -0.2) is 4.39 Å². The molecule has 0 aromatic heterocycles. The van der Waals surface area contributed by atoms with Gasteiger partial charge in [0.1, 0.15) is 5.82 Å². The van der Waals surface area contributed by atoms with E-state index in [2.05, 4.69) is 12.2 Å². The zero-order valence-electron chi connectivity index (χ0n) is 8.90. The van der Waals surface area contributed by atoms with E-state index in [1.165, 1.54) is 12.1 Å². The van der Waals surface area contributed by atoms with Gasteiger partial charge in [-0.15, -0.1) is 0 Å². The first kappa shape index (κ1) is 13.6. The van der Waals surface area contributed by atoms with Gasteiger partial charge in [-0.2, -0.15) is 0 Å². The molecule has 15 heavy (non-hydrogen) atoms. The highest BCUT2D eigenvalue weighted by molar-refractivity contribution is 5.32. The molecule has 0 saturated carbocycles. The van der Waals surface area contributed by atoms with Gasteiger partial charge in [0, 0.05) is 6.04 Å². The summed E-state index contributed by atoms with van der Waals surface area (Å²) >= 11 is 0. The highest BCUT2D eigenvalue weighted by atomic mass is 19.1. The van der Waals surface area contributed by atoms with Gasteiger partial charge < -0.3 is 10.4 Å². The molecule has 1 unspecified atom stereocenters. The molecule has 1 atom stereocenters. The Morgan fingerprint density at radius 1 is 1.47 bits per heavy atom. The third-order valence-electron chi connectivity index (χ3n) is 2.03. The van der Waals surface area contributed by atoms with E-state index in [0.717, 1.165) is 12.0 Å². The Bertz CT molecular complexity index is 270. The van der Waals surface area contributed by atoms with Crippen LogP contribution in [0.3, 0.4) is 0 Å². The van der Waals surface area contributed by atoms with Crippen LogP contribution < -0.4 is 5.32 Å². The summed E-state index contributed by atoms with van der Waals surface area (Å²) in [6, 6.07) is 6.97. The lowest BCUT2D eigenvalue weighted by molar-refractivity contribution is -0.122. The monoisotopic (exact) mass is 213 g/mol. The lowest BCUT2D eigenvalue weighted by atomic mass is 10.1. The highest BCUT2D eigenvalue weighted by Crippen LogP contribution is 2.15. The molecule has 0 amide bonds. The average molecular weight is 213 g/mol. The fourth-order valence-electron chi connectivity index (χ4n) is 1.30. The summed E-state index contributed by atoms with van der Waals surface area (Å²) in [6.07, 6.45) is 1.02. The molecule has 0 bridgehead atoms. The van der Waals surface area contributed by atoms with E-state index in [0.29, 0.717) is 6.04 Å². The molecule has 0 heterocycles. The lowest BCUT2D eigenvalue weighted by Crippen LogP contribution is -2.14. The topological polar surface area (TPSA) is 49.3 Å². The van der Waals surface area contributed by atoms with Gasteiger partial charge >= 0.3 is 0 Å². The molecule has 0 aliphatic rings. The second kappa shape index (κ2) is 7.94. The van der Waals surface area contributed by atoms with Gasteiger partial charge in [0.2, 0.25) is 0 Å². The minimum atomic E-state index is -0.250. The molecule has 1 rings (SSSR count). The molecule has 1 aromatic rings. The van der Waals surface area contributed by atoms with Crippen molar-refractivity contribution in [1.82, 2.24) is 5.32 Å². The Morgan fingerprint density at radius 2 is 1.93 bits per heavy atom. The molecule has 0 fully saturated rings. The molecule has 0 spiro atoms. The van der Waals surface area contributed by atoms with Crippen LogP contribution in [0.4, 0.5) is 4.39 Å². The first-order valence-corrected chi connectivity index (χ1v) is 4.70. The van der Waals surface area contributed by atoms with Crippen molar-refractivity contribution >= 4 is 6.47 Å². The van der Waals surface area contributed by atoms with Crippen LogP contribution in [0.25, 0.3) is 0 Å². The van der Waals surface area contributed by atoms with E-state index in [4.69, 9.17) is 9.90 Å². The summed E-state index contributed by atoms with van der Waals surface area (Å²) < 4.78 is 12.5. The lowest BCUT2D eigenvalue weighted by Gasteiger charge is -2.13. The van der Waals surface area contributed by atoms with Crippen LogP contribution in [-0.2, 0) is 4.79 Å². The quantitative estimate of drug-likeness (QED) is 0.757. The van der Waals surface area contributed by atoms with Gasteiger partial charge in [-0.1, -0.05) is 19.1 Å². The molecule has 1 aromatic carbocycles. The Labute approximate surface area is 88.9 Å². The summed E-state index contributed by atoms with van der Waals surface area (Å²) in [4.78, 5) is 8.36. The van der Waals surface area contributed by atoms with Crippen molar-refractivity contribution in [3.8, 4) is 0 Å². The highest BCUT2D eigenvalue weighted by Gasteiger charge is 2.04. The van der Waals surface area contributed by atoms with E-state index < -0.39 is 0 Å². The minimum Gasteiger partial charge on any atom is -0.483 e. The summed E-state index contributed by atoms with van der Waals surface area (Å²) in [5, 5.41) is 10.1. The number of carboxylic acid groups (broad SMARTS) is 1. The first-order chi connectivity index (χ1) is 7.19. The maximum Gasteiger partial charge on any atom is 0.290 e. The zero-order chi connectivity index (χ0) is 11.7. The molecule has 0 aliphatic heterocycles. The van der Waals surface area contributed by atoms with Crippen LogP contribution in [0, 0.1) is 5.82 Å². The number of nitrogens with one attached hydrogen (secondary N) is 1. The smallest absolute Gasteiger partial charge is 0.290 e. The fraction of sp³-hybridized carbons (Fsp3) is 0.364. The molecule has 0 radical (unpaired) electrons. The number of hydrogen-bond donors (Lipinski definition) is 2. The molecule has 0 aliphatic carbocycles. The number of halogens is 1. The Morgan fingerprint density at radius 3 is 2.27 bits per heavy atom. The molecular weight excluding hydrogens is 197 g/mol. The van der Waals surface area contributed by atoms with Crippen molar-refractivity contribution in [2.75, 3.05) is 7.05 Å². The number of rotatable bonds is 3. The van der Waals surface area contributed by atoms with Crippen molar-refractivity contribution in [1.29, 1.82) is 0 Å². The molecule has 4 heteroatoms. The van der Waals surface area contributed by atoms with Crippen molar-refractivity contribution in [3.05, 3.63) is 35.6 Å². The van der Waals surface area contributed by atoms with Crippen molar-refractivity contribution in [3.63, 3.8) is 0 Å². The third-order valence-corrected chi connectivity index (χ3v) is 2.03. The molecule has 3 nitrogen and oxygen atoms in total. The van der Waals surface area contributed by atoms with Crippen LogP contribution in [0.15, 0.2) is 24.3 Å². The van der Waals surface area contributed by atoms with Gasteiger partial charge in [0.15, 0.2) is 0 Å². The standard InChI is InChI=1S/C10H14FN.CH2O2/c1-3-10(12-2)8-4-6-9(11)7-5-8;2-1-3/h4-7,10,12H,3H2,1-2H3;1H,(H,2,3). The number of hydrogen-bond acceptors (Lipinski definition) is 2. The maximum absolute atomic E-state index is 12.5. The van der Waals surface area contributed by atoms with Crippen LogP contribution in [0.2, 0.25) is 0 Å². The van der Waals surface area contributed by atoms with Crippen molar-refractivity contribution in [2.45, 2.75) is 19.4 Å². The van der Waals surface area contributed by atoms with E-state index in [1.54, 1.807) is 0 Å².